The number of imidazole rings is 1. The van der Waals surface area contributed by atoms with Gasteiger partial charge < -0.3 is 14.4 Å². The van der Waals surface area contributed by atoms with E-state index in [0.717, 1.165) is 43.0 Å². The molecule has 180 valence electrons. The summed E-state index contributed by atoms with van der Waals surface area (Å²) in [7, 11) is -2.06. The quantitative estimate of drug-likeness (QED) is 0.424. The lowest BCUT2D eigenvalue weighted by atomic mass is 10.0. The topological polar surface area (TPSA) is 70.5 Å². The molecule has 0 spiro atoms. The minimum atomic E-state index is -3.81. The highest BCUT2D eigenvalue weighted by atomic mass is 32.2. The molecule has 2 heterocycles. The van der Waals surface area contributed by atoms with E-state index < -0.39 is 10.0 Å². The Morgan fingerprint density at radius 3 is 2.14 bits per heavy atom. The first-order chi connectivity index (χ1) is 17.0. The molecule has 1 aliphatic heterocycles. The van der Waals surface area contributed by atoms with E-state index in [4.69, 9.17) is 0 Å². The summed E-state index contributed by atoms with van der Waals surface area (Å²) in [5.74, 6) is 0. The molecule has 0 saturated carbocycles. The van der Waals surface area contributed by atoms with Crippen molar-refractivity contribution in [3.05, 3.63) is 103 Å². The standard InChI is InChI=1S/C27H29N5O2S/c1-30-20-27(28-21-30)35(33,34)29-25-13-8-14-26(24(25)19-22-9-4-2-5-10-22)32-17-15-31(16-18-32)23-11-6-3-7-12-23/h2-14,20-21,29H,15-19H2,1H3. The second kappa shape index (κ2) is 9.84. The highest BCUT2D eigenvalue weighted by molar-refractivity contribution is 7.92. The van der Waals surface area contributed by atoms with Gasteiger partial charge in [-0.25, -0.2) is 4.98 Å². The fraction of sp³-hybridized carbons (Fsp3) is 0.222. The van der Waals surface area contributed by atoms with Crippen LogP contribution < -0.4 is 14.5 Å². The molecule has 0 unspecified atom stereocenters. The van der Waals surface area contributed by atoms with Gasteiger partial charge in [0.1, 0.15) is 0 Å². The van der Waals surface area contributed by atoms with E-state index in [1.165, 1.54) is 18.2 Å². The predicted octanol–water partition coefficient (Wildman–Crippen LogP) is 4.14. The number of hydrogen-bond acceptors (Lipinski definition) is 5. The molecule has 5 rings (SSSR count). The van der Waals surface area contributed by atoms with E-state index in [1.54, 1.807) is 11.6 Å². The Bertz CT molecular complexity index is 1380. The fourth-order valence-corrected chi connectivity index (χ4v) is 5.60. The summed E-state index contributed by atoms with van der Waals surface area (Å²) in [5, 5.41) is 0.00698. The van der Waals surface area contributed by atoms with Crippen LogP contribution in [0.4, 0.5) is 17.1 Å². The minimum Gasteiger partial charge on any atom is -0.368 e. The third-order valence-electron chi connectivity index (χ3n) is 6.32. The largest absolute Gasteiger partial charge is 0.368 e. The first-order valence-electron chi connectivity index (χ1n) is 11.7. The summed E-state index contributed by atoms with van der Waals surface area (Å²) in [5.41, 5.74) is 4.96. The Kier molecular flexibility index (Phi) is 6.46. The van der Waals surface area contributed by atoms with E-state index in [2.05, 4.69) is 62.0 Å². The first kappa shape index (κ1) is 23.0. The van der Waals surface area contributed by atoms with Gasteiger partial charge in [0.2, 0.25) is 0 Å². The summed E-state index contributed by atoms with van der Waals surface area (Å²) in [6, 6.07) is 26.4. The Balaban J connectivity index is 1.45. The molecule has 0 amide bonds. The van der Waals surface area contributed by atoms with Crippen LogP contribution in [-0.2, 0) is 23.5 Å². The average molecular weight is 488 g/mol. The molecule has 3 aromatic carbocycles. The van der Waals surface area contributed by atoms with E-state index in [9.17, 15) is 8.42 Å². The van der Waals surface area contributed by atoms with Crippen molar-refractivity contribution in [1.29, 1.82) is 0 Å². The highest BCUT2D eigenvalue weighted by Crippen LogP contribution is 2.32. The maximum absolute atomic E-state index is 13.1. The van der Waals surface area contributed by atoms with Gasteiger partial charge in [0.15, 0.2) is 5.03 Å². The van der Waals surface area contributed by atoms with Crippen molar-refractivity contribution in [2.24, 2.45) is 7.05 Å². The summed E-state index contributed by atoms with van der Waals surface area (Å²) < 4.78 is 30.6. The number of sulfonamides is 1. The Morgan fingerprint density at radius 1 is 0.829 bits per heavy atom. The number of hydrogen-bond donors (Lipinski definition) is 1. The molecule has 1 aliphatic rings. The van der Waals surface area contributed by atoms with Gasteiger partial charge >= 0.3 is 0 Å². The van der Waals surface area contributed by atoms with Crippen molar-refractivity contribution in [3.8, 4) is 0 Å². The van der Waals surface area contributed by atoms with Crippen LogP contribution in [0.1, 0.15) is 11.1 Å². The highest BCUT2D eigenvalue weighted by Gasteiger charge is 2.24. The second-order valence-electron chi connectivity index (χ2n) is 8.76. The molecule has 1 N–H and O–H groups in total. The van der Waals surface area contributed by atoms with E-state index in [1.807, 2.05) is 36.4 Å². The lowest BCUT2D eigenvalue weighted by Gasteiger charge is -2.38. The van der Waals surface area contributed by atoms with E-state index in [0.29, 0.717) is 12.1 Å². The average Bonchev–Trinajstić information content (AvgIpc) is 3.34. The molecule has 0 bridgehead atoms. The van der Waals surface area contributed by atoms with Gasteiger partial charge in [-0.15, -0.1) is 0 Å². The number of nitrogens with zero attached hydrogens (tertiary/aromatic N) is 4. The normalized spacial score (nSPS) is 14.2. The van der Waals surface area contributed by atoms with Crippen molar-refractivity contribution in [3.63, 3.8) is 0 Å². The molecule has 1 saturated heterocycles. The zero-order valence-electron chi connectivity index (χ0n) is 19.7. The molecule has 0 atom stereocenters. The number of nitrogens with one attached hydrogen (secondary N) is 1. The first-order valence-corrected chi connectivity index (χ1v) is 13.2. The van der Waals surface area contributed by atoms with Crippen LogP contribution in [0.15, 0.2) is 96.4 Å². The second-order valence-corrected chi connectivity index (χ2v) is 10.4. The summed E-state index contributed by atoms with van der Waals surface area (Å²) in [6.07, 6.45) is 3.62. The number of piperazine rings is 1. The van der Waals surface area contributed by atoms with Gasteiger partial charge in [-0.1, -0.05) is 54.6 Å². The molecule has 0 aliphatic carbocycles. The van der Waals surface area contributed by atoms with Crippen LogP contribution in [0.25, 0.3) is 0 Å². The molecule has 1 fully saturated rings. The van der Waals surface area contributed by atoms with Crippen LogP contribution in [0.3, 0.4) is 0 Å². The Hall–Kier alpha value is -3.78. The fourth-order valence-electron chi connectivity index (χ4n) is 4.52. The molecule has 35 heavy (non-hydrogen) atoms. The Labute approximate surface area is 206 Å². The number of anilines is 3. The SMILES string of the molecule is Cn1cnc(S(=O)(=O)Nc2cccc(N3CCN(c4ccccc4)CC3)c2Cc2ccccc2)c1. The van der Waals surface area contributed by atoms with Crippen molar-refractivity contribution in [2.45, 2.75) is 11.4 Å². The molecule has 4 aromatic rings. The zero-order chi connectivity index (χ0) is 24.3. The van der Waals surface area contributed by atoms with Crippen molar-refractivity contribution in [2.75, 3.05) is 40.7 Å². The van der Waals surface area contributed by atoms with Gasteiger partial charge in [0, 0.05) is 62.8 Å². The number of benzene rings is 3. The number of aryl methyl sites for hydroxylation is 1. The van der Waals surface area contributed by atoms with E-state index in [-0.39, 0.29) is 5.03 Å². The maximum atomic E-state index is 13.1. The van der Waals surface area contributed by atoms with Crippen LogP contribution in [0.5, 0.6) is 0 Å². The maximum Gasteiger partial charge on any atom is 0.280 e. The zero-order valence-corrected chi connectivity index (χ0v) is 20.5. The number of aromatic nitrogens is 2. The van der Waals surface area contributed by atoms with Crippen LogP contribution in [-0.4, -0.2) is 44.1 Å². The summed E-state index contributed by atoms with van der Waals surface area (Å²) >= 11 is 0. The molecular formula is C27H29N5O2S. The smallest absolute Gasteiger partial charge is 0.280 e. The molecule has 8 heteroatoms. The van der Waals surface area contributed by atoms with Crippen LogP contribution in [0.2, 0.25) is 0 Å². The van der Waals surface area contributed by atoms with Crippen LogP contribution >= 0.6 is 0 Å². The number of para-hydroxylation sites is 1. The lowest BCUT2D eigenvalue weighted by Crippen LogP contribution is -2.46. The van der Waals surface area contributed by atoms with Gasteiger partial charge in [-0.2, -0.15) is 8.42 Å². The molecule has 7 nitrogen and oxygen atoms in total. The minimum absolute atomic E-state index is 0.00698. The summed E-state index contributed by atoms with van der Waals surface area (Å²) in [4.78, 5) is 8.79. The van der Waals surface area contributed by atoms with Gasteiger partial charge in [0.25, 0.3) is 10.0 Å². The summed E-state index contributed by atoms with van der Waals surface area (Å²) in [6.45, 7) is 3.51. The molecule has 1 aromatic heterocycles. The molecular weight excluding hydrogens is 458 g/mol. The van der Waals surface area contributed by atoms with Gasteiger partial charge in [0.05, 0.1) is 12.0 Å². The predicted molar refractivity (Wildman–Crippen MR) is 141 cm³/mol. The van der Waals surface area contributed by atoms with Crippen molar-refractivity contribution in [1.82, 2.24) is 9.55 Å². The third-order valence-corrected chi connectivity index (χ3v) is 7.57. The third kappa shape index (κ3) is 5.17. The van der Waals surface area contributed by atoms with Crippen molar-refractivity contribution >= 4 is 27.1 Å². The van der Waals surface area contributed by atoms with Gasteiger partial charge in [-0.3, -0.25) is 4.72 Å². The Morgan fingerprint density at radius 2 is 1.49 bits per heavy atom. The van der Waals surface area contributed by atoms with E-state index >= 15 is 0 Å². The lowest BCUT2D eigenvalue weighted by molar-refractivity contribution is 0.598. The number of rotatable bonds is 7. The van der Waals surface area contributed by atoms with Gasteiger partial charge in [-0.05, 0) is 29.8 Å². The monoisotopic (exact) mass is 487 g/mol. The van der Waals surface area contributed by atoms with Crippen LogP contribution in [0, 0.1) is 0 Å². The van der Waals surface area contributed by atoms with Crippen molar-refractivity contribution < 1.29 is 8.42 Å². The molecule has 0 radical (unpaired) electrons.